The Morgan fingerprint density at radius 3 is 2.00 bits per heavy atom. The summed E-state index contributed by atoms with van der Waals surface area (Å²) in [6.07, 6.45) is 0. The van der Waals surface area contributed by atoms with Crippen molar-refractivity contribution in [2.24, 2.45) is 5.92 Å². The molecule has 0 aromatic rings. The van der Waals surface area contributed by atoms with Crippen LogP contribution in [-0.2, 0) is 24.1 Å². The van der Waals surface area contributed by atoms with Crippen LogP contribution in [0.4, 0.5) is 13.2 Å². The first kappa shape index (κ1) is 16.4. The predicted molar refractivity (Wildman–Crippen MR) is 61.7 cm³/mol. The standard InChI is InChI=1S/C10H10O5S.CHF3/c1-6(2)10(11)14-15-16(12,13)9-7-4-3-5-8(7)9;2-1(3)4/h3-6H,1-2H3;1H. The molecule has 9 heteroatoms. The van der Waals surface area contributed by atoms with E-state index in [1.54, 1.807) is 32.0 Å². The smallest absolute Gasteiger partial charge is 0.281 e. The second kappa shape index (κ2) is 6.23. The SMILES string of the molecule is CC(C)C(=O)OOS(=O)(=O)c1c2cccc1-2.FC(F)F. The Morgan fingerprint density at radius 2 is 1.60 bits per heavy atom. The number of hydrogen-bond acceptors (Lipinski definition) is 5. The summed E-state index contributed by atoms with van der Waals surface area (Å²) in [5, 5.41) is 0. The van der Waals surface area contributed by atoms with Crippen LogP contribution in [0.25, 0.3) is 11.1 Å². The van der Waals surface area contributed by atoms with Gasteiger partial charge < -0.3 is 0 Å². The van der Waals surface area contributed by atoms with Crippen LogP contribution in [0.2, 0.25) is 0 Å². The zero-order valence-corrected chi connectivity index (χ0v) is 11.3. The Kier molecular flexibility index (Phi) is 5.12. The molecular formula is C11H11F3O5S. The first-order valence-corrected chi connectivity index (χ1v) is 6.78. The van der Waals surface area contributed by atoms with Gasteiger partial charge in [0.1, 0.15) is 4.90 Å². The molecule has 0 spiro atoms. The van der Waals surface area contributed by atoms with Gasteiger partial charge in [-0.1, -0.05) is 32.0 Å². The Labute approximate surface area is 113 Å². The maximum absolute atomic E-state index is 11.5. The number of halogens is 3. The van der Waals surface area contributed by atoms with Crippen molar-refractivity contribution in [2.75, 3.05) is 0 Å². The van der Waals surface area contributed by atoms with Crippen molar-refractivity contribution in [2.45, 2.75) is 25.4 Å². The number of carbonyl (C=O) groups is 1. The molecule has 0 radical (unpaired) electrons. The van der Waals surface area contributed by atoms with Gasteiger partial charge in [-0.2, -0.15) is 21.6 Å². The van der Waals surface area contributed by atoms with Crippen LogP contribution in [-0.4, -0.2) is 21.1 Å². The second-order valence-corrected chi connectivity index (χ2v) is 5.46. The first-order valence-electron chi connectivity index (χ1n) is 5.37. The highest BCUT2D eigenvalue weighted by atomic mass is 32.2. The highest BCUT2D eigenvalue weighted by Crippen LogP contribution is 2.47. The van der Waals surface area contributed by atoms with E-state index in [4.69, 9.17) is 0 Å². The van der Waals surface area contributed by atoms with Gasteiger partial charge >= 0.3 is 22.8 Å². The lowest BCUT2D eigenvalue weighted by Gasteiger charge is -2.02. The summed E-state index contributed by atoms with van der Waals surface area (Å²) in [5.41, 5.74) is 1.25. The van der Waals surface area contributed by atoms with Gasteiger partial charge in [0.05, 0.1) is 5.92 Å². The number of rotatable bonds is 4. The first-order chi connectivity index (χ1) is 9.16. The fourth-order valence-corrected chi connectivity index (χ4v) is 2.32. The number of carbonyl (C=O) groups excluding carboxylic acids is 1. The topological polar surface area (TPSA) is 69.7 Å². The molecule has 0 unspecified atom stereocenters. The highest BCUT2D eigenvalue weighted by molar-refractivity contribution is 7.87. The van der Waals surface area contributed by atoms with Crippen LogP contribution >= 0.6 is 0 Å². The van der Waals surface area contributed by atoms with E-state index in [-0.39, 0.29) is 4.90 Å². The van der Waals surface area contributed by atoms with Gasteiger partial charge in [0.25, 0.3) is 0 Å². The Balaban J connectivity index is 0.000000444. The van der Waals surface area contributed by atoms with Gasteiger partial charge in [-0.05, 0) is 4.33 Å². The Bertz CT molecular complexity index is 575. The molecule has 112 valence electrons. The average molecular weight is 312 g/mol. The molecule has 0 saturated heterocycles. The summed E-state index contributed by atoms with van der Waals surface area (Å²) in [6.45, 7) is -0.505. The third-order valence-corrected chi connectivity index (χ3v) is 3.36. The molecule has 0 aromatic carbocycles. The number of benzene rings is 1. The second-order valence-electron chi connectivity index (χ2n) is 4.01. The van der Waals surface area contributed by atoms with E-state index < -0.39 is 28.7 Å². The molecule has 20 heavy (non-hydrogen) atoms. The molecular weight excluding hydrogens is 301 g/mol. The molecule has 0 bridgehead atoms. The highest BCUT2D eigenvalue weighted by Gasteiger charge is 2.37. The van der Waals surface area contributed by atoms with E-state index in [1.165, 1.54) is 0 Å². The lowest BCUT2D eigenvalue weighted by Crippen LogP contribution is -2.15. The minimum absolute atomic E-state index is 0.103. The van der Waals surface area contributed by atoms with Crippen LogP contribution in [0.15, 0.2) is 23.1 Å². The zero-order chi connectivity index (χ0) is 15.5. The summed E-state index contributed by atoms with van der Waals surface area (Å²) in [7, 11) is -3.96. The van der Waals surface area contributed by atoms with Crippen LogP contribution in [0.5, 0.6) is 0 Å². The van der Waals surface area contributed by atoms with Crippen LogP contribution in [0.1, 0.15) is 13.8 Å². The van der Waals surface area contributed by atoms with Crippen molar-refractivity contribution < 1.29 is 35.6 Å². The largest absolute Gasteiger partial charge is 0.379 e. The minimum atomic E-state index is -3.96. The van der Waals surface area contributed by atoms with Crippen molar-refractivity contribution in [3.05, 3.63) is 18.2 Å². The molecule has 2 aliphatic carbocycles. The summed E-state index contributed by atoms with van der Waals surface area (Å²) < 4.78 is 56.2. The van der Waals surface area contributed by atoms with E-state index >= 15 is 0 Å². The van der Waals surface area contributed by atoms with Crippen molar-refractivity contribution in [3.8, 4) is 11.1 Å². The van der Waals surface area contributed by atoms with E-state index in [9.17, 15) is 26.4 Å². The maximum Gasteiger partial charge on any atom is 0.379 e. The summed E-state index contributed by atoms with van der Waals surface area (Å²) in [5.74, 6) is -1.16. The monoisotopic (exact) mass is 312 g/mol. The van der Waals surface area contributed by atoms with Gasteiger partial charge in [-0.3, -0.25) is 4.89 Å². The van der Waals surface area contributed by atoms with Gasteiger partial charge in [-0.15, -0.1) is 0 Å². The summed E-state index contributed by atoms with van der Waals surface area (Å²) in [4.78, 5) is 15.3. The molecule has 0 aromatic heterocycles. The lowest BCUT2D eigenvalue weighted by molar-refractivity contribution is -0.215. The fourth-order valence-electron chi connectivity index (χ4n) is 1.25. The molecule has 0 saturated carbocycles. The third kappa shape index (κ3) is 4.20. The van der Waals surface area contributed by atoms with E-state index in [0.29, 0.717) is 11.1 Å². The normalized spacial score (nSPS) is 11.9. The van der Waals surface area contributed by atoms with Crippen molar-refractivity contribution in [3.63, 3.8) is 0 Å². The third-order valence-electron chi connectivity index (χ3n) is 2.17. The molecule has 0 atom stereocenters. The van der Waals surface area contributed by atoms with Gasteiger partial charge in [0.15, 0.2) is 0 Å². The van der Waals surface area contributed by atoms with Crippen molar-refractivity contribution in [1.82, 2.24) is 0 Å². The quantitative estimate of drug-likeness (QED) is 0.641. The predicted octanol–water partition coefficient (Wildman–Crippen LogP) is 2.67. The lowest BCUT2D eigenvalue weighted by atomic mass is 10.2. The molecule has 5 nitrogen and oxygen atoms in total. The molecule has 0 heterocycles. The average Bonchev–Trinajstić information content (AvgIpc) is 2.83. The van der Waals surface area contributed by atoms with Crippen LogP contribution in [0, 0.1) is 5.92 Å². The van der Waals surface area contributed by atoms with Crippen LogP contribution < -0.4 is 0 Å². The molecule has 2 aliphatic rings. The summed E-state index contributed by atoms with van der Waals surface area (Å²) in [6, 6.07) is 5.06. The molecule has 0 N–H and O–H groups in total. The van der Waals surface area contributed by atoms with E-state index in [2.05, 4.69) is 9.22 Å². The molecule has 2 rings (SSSR count). The Hall–Kier alpha value is -1.61. The van der Waals surface area contributed by atoms with Gasteiger partial charge in [0, 0.05) is 11.1 Å². The Morgan fingerprint density at radius 1 is 1.15 bits per heavy atom. The van der Waals surface area contributed by atoms with Crippen molar-refractivity contribution in [1.29, 1.82) is 0 Å². The summed E-state index contributed by atoms with van der Waals surface area (Å²) >= 11 is 0. The minimum Gasteiger partial charge on any atom is -0.281 e. The number of alkyl halides is 3. The van der Waals surface area contributed by atoms with Gasteiger partial charge in [0.2, 0.25) is 0 Å². The van der Waals surface area contributed by atoms with Crippen molar-refractivity contribution >= 4 is 16.1 Å². The van der Waals surface area contributed by atoms with E-state index in [1.807, 2.05) is 0 Å². The fraction of sp³-hybridized carbons (Fsp3) is 0.364. The van der Waals surface area contributed by atoms with Crippen LogP contribution in [0.3, 0.4) is 0 Å². The molecule has 0 fully saturated rings. The number of hydrogen-bond donors (Lipinski definition) is 0. The van der Waals surface area contributed by atoms with E-state index in [0.717, 1.165) is 0 Å². The zero-order valence-electron chi connectivity index (χ0n) is 10.5. The number of fused-ring (bicyclic) bond motifs is 1. The molecule has 0 aliphatic heterocycles. The van der Waals surface area contributed by atoms with Gasteiger partial charge in [-0.25, -0.2) is 4.79 Å². The maximum atomic E-state index is 11.5. The molecule has 0 amide bonds.